The van der Waals surface area contributed by atoms with E-state index in [1.165, 1.54) is 10.4 Å². The molecule has 1 N–H and O–H groups in total. The number of likely N-dealkylation sites (N-methyl/N-ethyl adjacent to an activating group) is 1. The standard InChI is InChI=1S/C25H30ClN5O/c1-18-23(29-31(28-18)21-10-5-4-6-11-21)24(32)27-20-13-15-25(16-14-20,30(2)3)17-19-9-7-8-12-22(19)26/h4-12,20H,13-17H2,1-3H3,(H,27,32). The third kappa shape index (κ3) is 4.71. The van der Waals surface area contributed by atoms with Gasteiger partial charge >= 0.3 is 0 Å². The lowest BCUT2D eigenvalue weighted by Crippen LogP contribution is -2.52. The van der Waals surface area contributed by atoms with Crippen molar-refractivity contribution < 1.29 is 4.79 Å². The zero-order valence-corrected chi connectivity index (χ0v) is 19.6. The van der Waals surface area contributed by atoms with Crippen molar-refractivity contribution in [1.82, 2.24) is 25.2 Å². The number of halogens is 1. The predicted molar refractivity (Wildman–Crippen MR) is 127 cm³/mol. The molecule has 0 atom stereocenters. The van der Waals surface area contributed by atoms with Crippen molar-refractivity contribution in [3.63, 3.8) is 0 Å². The summed E-state index contributed by atoms with van der Waals surface area (Å²) in [6.45, 7) is 1.82. The number of hydrogen-bond donors (Lipinski definition) is 1. The maximum Gasteiger partial charge on any atom is 0.273 e. The Bertz CT molecular complexity index is 1070. The molecule has 7 heteroatoms. The first kappa shape index (κ1) is 22.5. The maximum absolute atomic E-state index is 13.0. The van der Waals surface area contributed by atoms with Gasteiger partial charge in [0, 0.05) is 16.6 Å². The van der Waals surface area contributed by atoms with E-state index in [0.29, 0.717) is 11.4 Å². The Morgan fingerprint density at radius 1 is 1.09 bits per heavy atom. The molecule has 1 aliphatic carbocycles. The molecule has 0 unspecified atom stereocenters. The van der Waals surface area contributed by atoms with Crippen molar-refractivity contribution >= 4 is 17.5 Å². The molecule has 1 aliphatic rings. The molecule has 1 amide bonds. The van der Waals surface area contributed by atoms with Gasteiger partial charge in [0.25, 0.3) is 5.91 Å². The number of amides is 1. The summed E-state index contributed by atoms with van der Waals surface area (Å²) in [5.41, 5.74) is 3.07. The van der Waals surface area contributed by atoms with Gasteiger partial charge in [0.2, 0.25) is 0 Å². The smallest absolute Gasteiger partial charge is 0.273 e. The normalized spacial score (nSPS) is 21.0. The topological polar surface area (TPSA) is 63.1 Å². The minimum absolute atomic E-state index is 0.0403. The van der Waals surface area contributed by atoms with E-state index in [1.807, 2.05) is 55.5 Å². The Morgan fingerprint density at radius 2 is 1.75 bits per heavy atom. The van der Waals surface area contributed by atoms with Crippen LogP contribution < -0.4 is 5.32 Å². The van der Waals surface area contributed by atoms with Gasteiger partial charge in [-0.2, -0.15) is 9.90 Å². The molecule has 4 rings (SSSR count). The van der Waals surface area contributed by atoms with Crippen molar-refractivity contribution in [3.8, 4) is 5.69 Å². The van der Waals surface area contributed by atoms with Crippen LogP contribution in [0.2, 0.25) is 5.02 Å². The van der Waals surface area contributed by atoms with E-state index < -0.39 is 0 Å². The van der Waals surface area contributed by atoms with Crippen LogP contribution in [0.3, 0.4) is 0 Å². The lowest BCUT2D eigenvalue weighted by Gasteiger charge is -2.45. The van der Waals surface area contributed by atoms with Gasteiger partial charge in [-0.25, -0.2) is 0 Å². The molecule has 3 aromatic rings. The average molecular weight is 452 g/mol. The van der Waals surface area contributed by atoms with E-state index >= 15 is 0 Å². The highest BCUT2D eigenvalue weighted by molar-refractivity contribution is 6.31. The highest BCUT2D eigenvalue weighted by atomic mass is 35.5. The summed E-state index contributed by atoms with van der Waals surface area (Å²) in [7, 11) is 4.28. The van der Waals surface area contributed by atoms with E-state index in [1.54, 1.807) is 0 Å². The number of carbonyl (C=O) groups is 1. The molecule has 2 aromatic carbocycles. The molecule has 0 spiro atoms. The van der Waals surface area contributed by atoms with Crippen LogP contribution in [0, 0.1) is 6.92 Å². The molecular formula is C25H30ClN5O. The lowest BCUT2D eigenvalue weighted by atomic mass is 9.74. The number of benzene rings is 2. The molecule has 0 bridgehead atoms. The number of aryl methyl sites for hydroxylation is 1. The first-order valence-corrected chi connectivity index (χ1v) is 11.5. The van der Waals surface area contributed by atoms with Crippen LogP contribution in [-0.2, 0) is 6.42 Å². The first-order valence-electron chi connectivity index (χ1n) is 11.1. The Morgan fingerprint density at radius 3 is 2.41 bits per heavy atom. The highest BCUT2D eigenvalue weighted by Gasteiger charge is 2.38. The van der Waals surface area contributed by atoms with Gasteiger partial charge in [-0.15, -0.1) is 5.10 Å². The fourth-order valence-electron chi connectivity index (χ4n) is 4.60. The second-order valence-corrected chi connectivity index (χ2v) is 9.30. The van der Waals surface area contributed by atoms with E-state index in [0.717, 1.165) is 42.8 Å². The number of para-hydroxylation sites is 1. The summed E-state index contributed by atoms with van der Waals surface area (Å²) in [6.07, 6.45) is 4.73. The van der Waals surface area contributed by atoms with Crippen molar-refractivity contribution in [2.24, 2.45) is 0 Å². The molecule has 1 aromatic heterocycles. The average Bonchev–Trinajstić information content (AvgIpc) is 3.19. The van der Waals surface area contributed by atoms with Crippen LogP contribution in [0.1, 0.15) is 47.4 Å². The monoisotopic (exact) mass is 451 g/mol. The molecule has 1 heterocycles. The number of nitrogens with one attached hydrogen (secondary N) is 1. The predicted octanol–water partition coefficient (Wildman–Crippen LogP) is 4.44. The zero-order valence-electron chi connectivity index (χ0n) is 18.9. The molecule has 1 saturated carbocycles. The fraction of sp³-hybridized carbons (Fsp3) is 0.400. The van der Waals surface area contributed by atoms with Gasteiger partial charge in [0.05, 0.1) is 11.4 Å². The molecule has 0 aliphatic heterocycles. The van der Waals surface area contributed by atoms with E-state index in [9.17, 15) is 4.79 Å². The van der Waals surface area contributed by atoms with Crippen LogP contribution in [0.5, 0.6) is 0 Å². The minimum atomic E-state index is -0.155. The summed E-state index contributed by atoms with van der Waals surface area (Å²) in [6, 6.07) is 17.8. The second-order valence-electron chi connectivity index (χ2n) is 8.89. The summed E-state index contributed by atoms with van der Waals surface area (Å²) >= 11 is 6.45. The Balaban J connectivity index is 1.41. The summed E-state index contributed by atoms with van der Waals surface area (Å²) < 4.78 is 0. The third-order valence-electron chi connectivity index (χ3n) is 6.66. The van der Waals surface area contributed by atoms with Crippen molar-refractivity contribution in [1.29, 1.82) is 0 Å². The van der Waals surface area contributed by atoms with Gasteiger partial charge < -0.3 is 10.2 Å². The molecule has 1 fully saturated rings. The quantitative estimate of drug-likeness (QED) is 0.601. The van der Waals surface area contributed by atoms with Gasteiger partial charge in [0.15, 0.2) is 5.69 Å². The number of aromatic nitrogens is 3. The largest absolute Gasteiger partial charge is 0.348 e. The van der Waals surface area contributed by atoms with Crippen molar-refractivity contribution in [3.05, 3.63) is 76.6 Å². The molecule has 0 radical (unpaired) electrons. The molecule has 32 heavy (non-hydrogen) atoms. The Hall–Kier alpha value is -2.70. The van der Waals surface area contributed by atoms with Gasteiger partial charge in [-0.1, -0.05) is 48.0 Å². The number of carbonyl (C=O) groups excluding carboxylic acids is 1. The Labute approximate surface area is 194 Å². The lowest BCUT2D eigenvalue weighted by molar-refractivity contribution is 0.0766. The van der Waals surface area contributed by atoms with Crippen LogP contribution in [0.25, 0.3) is 5.69 Å². The molecule has 6 nitrogen and oxygen atoms in total. The first-order chi connectivity index (χ1) is 15.4. The van der Waals surface area contributed by atoms with Gasteiger partial charge in [0.1, 0.15) is 0 Å². The third-order valence-corrected chi connectivity index (χ3v) is 7.03. The van der Waals surface area contributed by atoms with Crippen LogP contribution in [0.15, 0.2) is 54.6 Å². The van der Waals surface area contributed by atoms with E-state index in [4.69, 9.17) is 11.6 Å². The molecular weight excluding hydrogens is 422 g/mol. The number of rotatable bonds is 6. The van der Waals surface area contributed by atoms with E-state index in [-0.39, 0.29) is 17.5 Å². The Kier molecular flexibility index (Phi) is 6.63. The fourth-order valence-corrected chi connectivity index (χ4v) is 4.80. The summed E-state index contributed by atoms with van der Waals surface area (Å²) in [4.78, 5) is 16.8. The van der Waals surface area contributed by atoms with E-state index in [2.05, 4.69) is 40.6 Å². The number of nitrogens with zero attached hydrogens (tertiary/aromatic N) is 4. The zero-order chi connectivity index (χ0) is 22.7. The van der Waals surface area contributed by atoms with Crippen molar-refractivity contribution in [2.45, 2.75) is 50.6 Å². The minimum Gasteiger partial charge on any atom is -0.348 e. The summed E-state index contributed by atoms with van der Waals surface area (Å²) in [5.74, 6) is -0.155. The van der Waals surface area contributed by atoms with Crippen molar-refractivity contribution in [2.75, 3.05) is 14.1 Å². The van der Waals surface area contributed by atoms with Crippen LogP contribution in [-0.4, -0.2) is 51.5 Å². The van der Waals surface area contributed by atoms with Gasteiger partial charge in [-0.05, 0) is 76.9 Å². The maximum atomic E-state index is 13.0. The SMILES string of the molecule is Cc1nn(-c2ccccc2)nc1C(=O)NC1CCC(Cc2ccccc2Cl)(N(C)C)CC1. The molecule has 168 valence electrons. The van der Waals surface area contributed by atoms with Crippen LogP contribution in [0.4, 0.5) is 0 Å². The number of hydrogen-bond acceptors (Lipinski definition) is 4. The van der Waals surface area contributed by atoms with Crippen LogP contribution >= 0.6 is 11.6 Å². The second kappa shape index (κ2) is 9.43. The highest BCUT2D eigenvalue weighted by Crippen LogP contribution is 2.37. The summed E-state index contributed by atoms with van der Waals surface area (Å²) in [5, 5.41) is 12.9. The molecule has 0 saturated heterocycles. The van der Waals surface area contributed by atoms with Gasteiger partial charge in [-0.3, -0.25) is 4.79 Å².